The van der Waals surface area contributed by atoms with Crippen molar-refractivity contribution in [2.75, 3.05) is 18.8 Å². The van der Waals surface area contributed by atoms with Crippen LogP contribution < -0.4 is 5.32 Å². The van der Waals surface area contributed by atoms with Gasteiger partial charge in [-0.25, -0.2) is 8.42 Å². The largest absolute Gasteiger partial charge is 0.316 e. The number of hydrogen-bond donors (Lipinski definition) is 1. The molecule has 5 heteroatoms. The van der Waals surface area contributed by atoms with Gasteiger partial charge in [-0.15, -0.1) is 0 Å². The van der Waals surface area contributed by atoms with Gasteiger partial charge in [-0.05, 0) is 30.0 Å². The minimum atomic E-state index is -3.05. The molecule has 1 aliphatic heterocycles. The Morgan fingerprint density at radius 3 is 2.65 bits per heavy atom. The third-order valence-electron chi connectivity index (χ3n) is 2.94. The summed E-state index contributed by atoms with van der Waals surface area (Å²) in [7, 11) is -3.05. The average Bonchev–Trinajstić information content (AvgIpc) is 2.17. The van der Waals surface area contributed by atoms with Crippen LogP contribution in [0.3, 0.4) is 0 Å². The Morgan fingerprint density at radius 1 is 1.41 bits per heavy atom. The van der Waals surface area contributed by atoms with Gasteiger partial charge in [0.05, 0.1) is 11.5 Å². The molecule has 1 aliphatic rings. The van der Waals surface area contributed by atoms with E-state index in [1.807, 2.05) is 13.0 Å². The first kappa shape index (κ1) is 12.9. The lowest BCUT2D eigenvalue weighted by atomic mass is 10.1. The molecule has 0 aliphatic carbocycles. The zero-order valence-corrected chi connectivity index (χ0v) is 11.3. The molecule has 2 rings (SSSR count). The molecule has 1 saturated heterocycles. The summed E-state index contributed by atoms with van der Waals surface area (Å²) in [6.45, 7) is 3.55. The van der Waals surface area contributed by atoms with Crippen molar-refractivity contribution in [2.24, 2.45) is 5.92 Å². The molecule has 0 atom stereocenters. The molecule has 17 heavy (non-hydrogen) atoms. The number of sulfone groups is 1. The summed E-state index contributed by atoms with van der Waals surface area (Å²) in [6.07, 6.45) is 0. The molecule has 1 aromatic rings. The fourth-order valence-electron chi connectivity index (χ4n) is 1.89. The maximum absolute atomic E-state index is 12.0. The van der Waals surface area contributed by atoms with E-state index in [4.69, 9.17) is 11.6 Å². The summed E-state index contributed by atoms with van der Waals surface area (Å²) in [5.41, 5.74) is 1.74. The van der Waals surface area contributed by atoms with Crippen molar-refractivity contribution in [2.45, 2.75) is 12.7 Å². The molecule has 94 valence electrons. The Morgan fingerprint density at radius 2 is 2.12 bits per heavy atom. The van der Waals surface area contributed by atoms with E-state index in [0.717, 1.165) is 18.7 Å². The van der Waals surface area contributed by atoms with Crippen LogP contribution in [0, 0.1) is 12.8 Å². The second-order valence-corrected chi connectivity index (χ2v) is 7.19. The molecule has 0 radical (unpaired) electrons. The van der Waals surface area contributed by atoms with Gasteiger partial charge in [0.25, 0.3) is 0 Å². The fraction of sp³-hybridized carbons (Fsp3) is 0.500. The lowest BCUT2D eigenvalue weighted by Gasteiger charge is -2.26. The van der Waals surface area contributed by atoms with Crippen LogP contribution in [-0.4, -0.2) is 27.3 Å². The van der Waals surface area contributed by atoms with Crippen LogP contribution in [0.5, 0.6) is 0 Å². The van der Waals surface area contributed by atoms with Gasteiger partial charge >= 0.3 is 0 Å². The van der Waals surface area contributed by atoms with Gasteiger partial charge in [-0.1, -0.05) is 23.7 Å². The van der Waals surface area contributed by atoms with E-state index in [1.165, 1.54) is 0 Å². The summed E-state index contributed by atoms with van der Waals surface area (Å²) >= 11 is 6.04. The minimum absolute atomic E-state index is 0.0443. The third-order valence-corrected chi connectivity index (χ3v) is 5.02. The van der Waals surface area contributed by atoms with Crippen molar-refractivity contribution in [3.8, 4) is 0 Å². The molecule has 0 spiro atoms. The highest BCUT2D eigenvalue weighted by molar-refractivity contribution is 7.90. The van der Waals surface area contributed by atoms with Crippen LogP contribution in [0.4, 0.5) is 0 Å². The van der Waals surface area contributed by atoms with Crippen LogP contribution in [0.25, 0.3) is 0 Å². The molecule has 0 unspecified atom stereocenters. The van der Waals surface area contributed by atoms with Gasteiger partial charge in [0.2, 0.25) is 0 Å². The molecular weight excluding hydrogens is 258 g/mol. The van der Waals surface area contributed by atoms with Gasteiger partial charge in [0.1, 0.15) is 0 Å². The third kappa shape index (κ3) is 3.44. The molecule has 1 fully saturated rings. The van der Waals surface area contributed by atoms with Crippen molar-refractivity contribution >= 4 is 21.4 Å². The van der Waals surface area contributed by atoms with Gasteiger partial charge in [-0.2, -0.15) is 0 Å². The van der Waals surface area contributed by atoms with Crippen molar-refractivity contribution in [1.29, 1.82) is 0 Å². The number of rotatable bonds is 4. The lowest BCUT2D eigenvalue weighted by molar-refractivity contribution is 0.378. The zero-order chi connectivity index (χ0) is 12.5. The highest BCUT2D eigenvalue weighted by Gasteiger charge is 2.24. The predicted octanol–water partition coefficient (Wildman–Crippen LogP) is 1.78. The molecular formula is C12H16ClNO2S. The monoisotopic (exact) mass is 273 g/mol. The SMILES string of the molecule is Cc1ccc(CS(=O)(=O)CC2CNC2)c(Cl)c1. The van der Waals surface area contributed by atoms with Crippen LogP contribution in [0.1, 0.15) is 11.1 Å². The maximum Gasteiger partial charge on any atom is 0.154 e. The van der Waals surface area contributed by atoms with Crippen molar-refractivity contribution < 1.29 is 8.42 Å². The smallest absolute Gasteiger partial charge is 0.154 e. The number of benzene rings is 1. The van der Waals surface area contributed by atoms with Crippen molar-refractivity contribution in [3.05, 3.63) is 34.3 Å². The Balaban J connectivity index is 2.08. The predicted molar refractivity (Wildman–Crippen MR) is 70.0 cm³/mol. The van der Waals surface area contributed by atoms with E-state index in [1.54, 1.807) is 12.1 Å². The zero-order valence-electron chi connectivity index (χ0n) is 9.74. The van der Waals surface area contributed by atoms with Crippen LogP contribution in [0.2, 0.25) is 5.02 Å². The Kier molecular flexibility index (Phi) is 3.76. The fourth-order valence-corrected chi connectivity index (χ4v) is 4.07. The maximum atomic E-state index is 12.0. The Bertz CT molecular complexity index is 509. The lowest BCUT2D eigenvalue weighted by Crippen LogP contribution is -2.45. The second-order valence-electron chi connectivity index (χ2n) is 4.67. The number of aryl methyl sites for hydroxylation is 1. The average molecular weight is 274 g/mol. The second kappa shape index (κ2) is 4.96. The number of halogens is 1. The molecule has 1 heterocycles. The van der Waals surface area contributed by atoms with Crippen molar-refractivity contribution in [3.63, 3.8) is 0 Å². The topological polar surface area (TPSA) is 46.2 Å². The van der Waals surface area contributed by atoms with E-state index in [2.05, 4.69) is 5.32 Å². The van der Waals surface area contributed by atoms with Gasteiger partial charge in [-0.3, -0.25) is 0 Å². The van der Waals surface area contributed by atoms with Gasteiger partial charge in [0.15, 0.2) is 9.84 Å². The first-order chi connectivity index (χ1) is 7.96. The molecule has 0 saturated carbocycles. The van der Waals surface area contributed by atoms with E-state index in [-0.39, 0.29) is 17.4 Å². The first-order valence-corrected chi connectivity index (χ1v) is 7.82. The minimum Gasteiger partial charge on any atom is -0.316 e. The highest BCUT2D eigenvalue weighted by Crippen LogP contribution is 2.21. The van der Waals surface area contributed by atoms with E-state index in [9.17, 15) is 8.42 Å². The van der Waals surface area contributed by atoms with Crippen LogP contribution in [0.15, 0.2) is 18.2 Å². The normalized spacial score (nSPS) is 16.8. The summed E-state index contributed by atoms with van der Waals surface area (Å²) in [5, 5.41) is 3.62. The standard InChI is InChI=1S/C12H16ClNO2S/c1-9-2-3-11(12(13)4-9)8-17(15,16)7-10-5-14-6-10/h2-4,10,14H,5-8H2,1H3. The first-order valence-electron chi connectivity index (χ1n) is 5.62. The highest BCUT2D eigenvalue weighted by atomic mass is 35.5. The number of hydrogen-bond acceptors (Lipinski definition) is 3. The summed E-state index contributed by atoms with van der Waals surface area (Å²) < 4.78 is 23.9. The van der Waals surface area contributed by atoms with Gasteiger partial charge in [0, 0.05) is 18.1 Å². The molecule has 1 aromatic carbocycles. The molecule has 3 nitrogen and oxygen atoms in total. The van der Waals surface area contributed by atoms with Crippen molar-refractivity contribution in [1.82, 2.24) is 5.32 Å². The van der Waals surface area contributed by atoms with Crippen LogP contribution >= 0.6 is 11.6 Å². The number of nitrogens with one attached hydrogen (secondary N) is 1. The Hall–Kier alpha value is -0.580. The quantitative estimate of drug-likeness (QED) is 0.910. The van der Waals surface area contributed by atoms with E-state index in [0.29, 0.717) is 10.6 Å². The van der Waals surface area contributed by atoms with E-state index < -0.39 is 9.84 Å². The van der Waals surface area contributed by atoms with E-state index >= 15 is 0 Å². The van der Waals surface area contributed by atoms with Crippen LogP contribution in [-0.2, 0) is 15.6 Å². The molecule has 0 aromatic heterocycles. The summed E-state index contributed by atoms with van der Waals surface area (Å²) in [4.78, 5) is 0. The molecule has 0 bridgehead atoms. The molecule has 1 N–H and O–H groups in total. The molecule has 0 amide bonds. The summed E-state index contributed by atoms with van der Waals surface area (Å²) in [6, 6.07) is 5.49. The summed E-state index contributed by atoms with van der Waals surface area (Å²) in [5.74, 6) is 0.566. The van der Waals surface area contributed by atoms with Gasteiger partial charge < -0.3 is 5.32 Å². The Labute approximate surface area is 107 Å².